The van der Waals surface area contributed by atoms with Crippen LogP contribution < -0.4 is 10.1 Å². The number of nitrogens with zero attached hydrogens (tertiary/aromatic N) is 1. The molecule has 2 unspecified atom stereocenters. The van der Waals surface area contributed by atoms with E-state index in [1.165, 1.54) is 0 Å². The summed E-state index contributed by atoms with van der Waals surface area (Å²) < 4.78 is 5.88. The lowest BCUT2D eigenvalue weighted by molar-refractivity contribution is 0.189. The minimum Gasteiger partial charge on any atom is -0.508 e. The van der Waals surface area contributed by atoms with Gasteiger partial charge in [0.2, 0.25) is 0 Å². The SMILES string of the molecule is N#CC1Nc2cc(O)ccc2OC1c1ccccc1. The zero-order chi connectivity index (χ0) is 13.2. The molecule has 0 aliphatic carbocycles. The lowest BCUT2D eigenvalue weighted by Gasteiger charge is -2.31. The van der Waals surface area contributed by atoms with E-state index >= 15 is 0 Å². The zero-order valence-corrected chi connectivity index (χ0v) is 10.1. The van der Waals surface area contributed by atoms with E-state index in [1.807, 2.05) is 30.3 Å². The van der Waals surface area contributed by atoms with Crippen LogP contribution in [0.3, 0.4) is 0 Å². The van der Waals surface area contributed by atoms with Gasteiger partial charge in [-0.2, -0.15) is 5.26 Å². The van der Waals surface area contributed by atoms with Gasteiger partial charge in [-0.05, 0) is 17.7 Å². The van der Waals surface area contributed by atoms with Gasteiger partial charge in [0.05, 0.1) is 11.8 Å². The lowest BCUT2D eigenvalue weighted by atomic mass is 10.0. The molecule has 0 amide bonds. The summed E-state index contributed by atoms with van der Waals surface area (Å²) in [7, 11) is 0. The molecule has 1 aliphatic rings. The molecule has 2 atom stereocenters. The van der Waals surface area contributed by atoms with E-state index in [1.54, 1.807) is 18.2 Å². The number of aromatic hydroxyl groups is 1. The van der Waals surface area contributed by atoms with E-state index in [2.05, 4.69) is 11.4 Å². The summed E-state index contributed by atoms with van der Waals surface area (Å²) in [6, 6.07) is 16.1. The van der Waals surface area contributed by atoms with Crippen LogP contribution in [0.5, 0.6) is 11.5 Å². The summed E-state index contributed by atoms with van der Waals surface area (Å²) in [5.41, 5.74) is 1.58. The van der Waals surface area contributed by atoms with Crippen LogP contribution in [0.2, 0.25) is 0 Å². The number of nitriles is 1. The maximum absolute atomic E-state index is 9.45. The summed E-state index contributed by atoms with van der Waals surface area (Å²) in [6.45, 7) is 0. The monoisotopic (exact) mass is 252 g/mol. The van der Waals surface area contributed by atoms with Gasteiger partial charge >= 0.3 is 0 Å². The van der Waals surface area contributed by atoms with Gasteiger partial charge in [-0.15, -0.1) is 0 Å². The highest BCUT2D eigenvalue weighted by molar-refractivity contribution is 5.62. The third kappa shape index (κ3) is 2.06. The van der Waals surface area contributed by atoms with Crippen LogP contribution in [0.25, 0.3) is 0 Å². The highest BCUT2D eigenvalue weighted by Crippen LogP contribution is 2.38. The maximum Gasteiger partial charge on any atom is 0.157 e. The molecule has 0 radical (unpaired) electrons. The fraction of sp³-hybridized carbons (Fsp3) is 0.133. The standard InChI is InChI=1S/C15H12N2O2/c16-9-13-15(10-4-2-1-3-5-10)19-14-7-6-11(18)8-12(14)17-13/h1-8,13,15,17-18H. The highest BCUT2D eigenvalue weighted by atomic mass is 16.5. The van der Waals surface area contributed by atoms with Crippen LogP contribution in [0.1, 0.15) is 11.7 Å². The molecule has 94 valence electrons. The van der Waals surface area contributed by atoms with E-state index in [0.717, 1.165) is 5.56 Å². The minimum atomic E-state index is -0.489. The van der Waals surface area contributed by atoms with E-state index in [-0.39, 0.29) is 11.9 Å². The second kappa shape index (κ2) is 4.54. The fourth-order valence-electron chi connectivity index (χ4n) is 2.18. The Labute approximate surface area is 110 Å². The van der Waals surface area contributed by atoms with Gasteiger partial charge in [0.25, 0.3) is 0 Å². The number of hydrogen-bond donors (Lipinski definition) is 2. The zero-order valence-electron chi connectivity index (χ0n) is 10.1. The van der Waals surface area contributed by atoms with Gasteiger partial charge in [0, 0.05) is 6.07 Å². The molecule has 4 nitrogen and oxygen atoms in total. The first kappa shape index (κ1) is 11.4. The van der Waals surface area contributed by atoms with E-state index in [4.69, 9.17) is 4.74 Å². The van der Waals surface area contributed by atoms with Crippen LogP contribution in [-0.2, 0) is 0 Å². The molecule has 0 spiro atoms. The lowest BCUT2D eigenvalue weighted by Crippen LogP contribution is -2.33. The number of fused-ring (bicyclic) bond motifs is 1. The highest BCUT2D eigenvalue weighted by Gasteiger charge is 2.30. The average Bonchev–Trinajstić information content (AvgIpc) is 2.46. The van der Waals surface area contributed by atoms with Crippen LogP contribution in [0.4, 0.5) is 5.69 Å². The topological polar surface area (TPSA) is 65.3 Å². The van der Waals surface area contributed by atoms with Crippen molar-refractivity contribution in [1.29, 1.82) is 5.26 Å². The number of ether oxygens (including phenoxy) is 1. The Balaban J connectivity index is 2.00. The Morgan fingerprint density at radius 3 is 2.68 bits per heavy atom. The molecule has 1 heterocycles. The third-order valence-corrected chi connectivity index (χ3v) is 3.10. The molecule has 0 aromatic heterocycles. The van der Waals surface area contributed by atoms with E-state index < -0.39 is 6.04 Å². The van der Waals surface area contributed by atoms with Crippen LogP contribution in [0, 0.1) is 11.3 Å². The molecule has 19 heavy (non-hydrogen) atoms. The molecular formula is C15H12N2O2. The van der Waals surface area contributed by atoms with Crippen LogP contribution in [-0.4, -0.2) is 11.1 Å². The Morgan fingerprint density at radius 1 is 1.16 bits per heavy atom. The average molecular weight is 252 g/mol. The minimum absolute atomic E-state index is 0.143. The van der Waals surface area contributed by atoms with Crippen molar-refractivity contribution in [3.05, 3.63) is 54.1 Å². The molecule has 0 fully saturated rings. The number of benzene rings is 2. The molecule has 1 aliphatic heterocycles. The van der Waals surface area contributed by atoms with E-state index in [0.29, 0.717) is 11.4 Å². The van der Waals surface area contributed by atoms with Gasteiger partial charge in [-0.25, -0.2) is 0 Å². The maximum atomic E-state index is 9.45. The summed E-state index contributed by atoms with van der Waals surface area (Å²) in [5, 5.41) is 21.8. The number of nitrogens with one attached hydrogen (secondary N) is 1. The van der Waals surface area contributed by atoms with Crippen LogP contribution >= 0.6 is 0 Å². The molecule has 0 saturated heterocycles. The summed E-state index contributed by atoms with van der Waals surface area (Å²) in [6.07, 6.45) is -0.358. The Bertz CT molecular complexity index is 634. The fourth-order valence-corrected chi connectivity index (χ4v) is 2.18. The molecule has 0 saturated carbocycles. The Hall–Kier alpha value is -2.67. The normalized spacial score (nSPS) is 20.6. The van der Waals surface area contributed by atoms with Crippen LogP contribution in [0.15, 0.2) is 48.5 Å². The molecule has 3 rings (SSSR count). The Kier molecular flexibility index (Phi) is 2.73. The van der Waals surface area contributed by atoms with Crippen molar-refractivity contribution in [3.8, 4) is 17.6 Å². The van der Waals surface area contributed by atoms with E-state index in [9.17, 15) is 10.4 Å². The first-order valence-electron chi connectivity index (χ1n) is 5.99. The predicted molar refractivity (Wildman–Crippen MR) is 70.9 cm³/mol. The number of anilines is 1. The molecular weight excluding hydrogens is 240 g/mol. The number of phenolic OH excluding ortho intramolecular Hbond substituents is 1. The second-order valence-electron chi connectivity index (χ2n) is 4.38. The van der Waals surface area contributed by atoms with Gasteiger partial charge < -0.3 is 15.2 Å². The number of phenols is 1. The van der Waals surface area contributed by atoms with Crippen molar-refractivity contribution in [2.24, 2.45) is 0 Å². The van der Waals surface area contributed by atoms with Crippen molar-refractivity contribution in [2.75, 3.05) is 5.32 Å². The first-order chi connectivity index (χ1) is 9.28. The van der Waals surface area contributed by atoms with Gasteiger partial charge in [0.1, 0.15) is 11.5 Å². The van der Waals surface area contributed by atoms with Crippen molar-refractivity contribution in [2.45, 2.75) is 12.1 Å². The summed E-state index contributed by atoms with van der Waals surface area (Å²) >= 11 is 0. The summed E-state index contributed by atoms with van der Waals surface area (Å²) in [5.74, 6) is 0.780. The van der Waals surface area contributed by atoms with Gasteiger partial charge in [0.15, 0.2) is 12.1 Å². The largest absolute Gasteiger partial charge is 0.508 e. The van der Waals surface area contributed by atoms with Crippen molar-refractivity contribution in [1.82, 2.24) is 0 Å². The van der Waals surface area contributed by atoms with Gasteiger partial charge in [-0.1, -0.05) is 30.3 Å². The van der Waals surface area contributed by atoms with Crippen molar-refractivity contribution in [3.63, 3.8) is 0 Å². The first-order valence-corrected chi connectivity index (χ1v) is 5.99. The van der Waals surface area contributed by atoms with Crippen molar-refractivity contribution >= 4 is 5.69 Å². The quantitative estimate of drug-likeness (QED) is 0.819. The summed E-state index contributed by atoms with van der Waals surface area (Å²) in [4.78, 5) is 0. The number of hydrogen-bond acceptors (Lipinski definition) is 4. The molecule has 2 aromatic rings. The smallest absolute Gasteiger partial charge is 0.157 e. The molecule has 2 aromatic carbocycles. The second-order valence-corrected chi connectivity index (χ2v) is 4.38. The Morgan fingerprint density at radius 2 is 1.95 bits per heavy atom. The number of rotatable bonds is 1. The van der Waals surface area contributed by atoms with Crippen molar-refractivity contribution < 1.29 is 9.84 Å². The predicted octanol–water partition coefficient (Wildman–Crippen LogP) is 2.83. The molecule has 2 N–H and O–H groups in total. The molecule has 4 heteroatoms. The third-order valence-electron chi connectivity index (χ3n) is 3.10. The molecule has 0 bridgehead atoms. The van der Waals surface area contributed by atoms with Gasteiger partial charge in [-0.3, -0.25) is 0 Å².